The number of urea groups is 1. The molecule has 0 saturated carbocycles. The van der Waals surface area contributed by atoms with Gasteiger partial charge in [0.15, 0.2) is 0 Å². The fourth-order valence-corrected chi connectivity index (χ4v) is 2.38. The summed E-state index contributed by atoms with van der Waals surface area (Å²) in [4.78, 5) is 16.4. The van der Waals surface area contributed by atoms with E-state index in [0.717, 1.165) is 27.7 Å². The Hall–Kier alpha value is -2.88. The van der Waals surface area contributed by atoms with Crippen molar-refractivity contribution in [2.24, 2.45) is 0 Å². The Morgan fingerprint density at radius 1 is 1.09 bits per heavy atom. The van der Waals surface area contributed by atoms with Crippen molar-refractivity contribution in [3.63, 3.8) is 0 Å². The summed E-state index contributed by atoms with van der Waals surface area (Å²) in [6.45, 7) is 2.49. The maximum Gasteiger partial charge on any atom is 0.319 e. The standard InChI is InChI=1S/C18H17N3O/c1-13-10-15-8-5-9-19-17(15)16(11-13)21-18(22)20-12-14-6-3-2-4-7-14/h2-11H,12H2,1H3,(H2,20,21,22). The number of pyridine rings is 1. The van der Waals surface area contributed by atoms with Crippen LogP contribution in [0.15, 0.2) is 60.8 Å². The zero-order valence-corrected chi connectivity index (χ0v) is 12.3. The quantitative estimate of drug-likeness (QED) is 0.769. The molecule has 0 atom stereocenters. The molecule has 0 aliphatic carbocycles. The van der Waals surface area contributed by atoms with Crippen molar-refractivity contribution in [1.29, 1.82) is 0 Å². The Bertz CT molecular complexity index is 800. The first-order valence-electron chi connectivity index (χ1n) is 7.16. The molecule has 0 unspecified atom stereocenters. The highest BCUT2D eigenvalue weighted by atomic mass is 16.2. The lowest BCUT2D eigenvalue weighted by Crippen LogP contribution is -2.28. The fraction of sp³-hybridized carbons (Fsp3) is 0.111. The molecular weight excluding hydrogens is 274 g/mol. The second-order valence-electron chi connectivity index (χ2n) is 5.18. The molecule has 0 fully saturated rings. The molecule has 3 rings (SSSR count). The number of hydrogen-bond acceptors (Lipinski definition) is 2. The van der Waals surface area contributed by atoms with Crippen LogP contribution < -0.4 is 10.6 Å². The normalized spacial score (nSPS) is 10.4. The zero-order valence-electron chi connectivity index (χ0n) is 12.3. The van der Waals surface area contributed by atoms with E-state index < -0.39 is 0 Å². The van der Waals surface area contributed by atoms with Crippen LogP contribution in [-0.4, -0.2) is 11.0 Å². The number of carbonyl (C=O) groups excluding carboxylic acids is 1. The van der Waals surface area contributed by atoms with E-state index in [9.17, 15) is 4.79 Å². The first kappa shape index (κ1) is 14.1. The molecule has 1 heterocycles. The van der Waals surface area contributed by atoms with E-state index in [-0.39, 0.29) is 6.03 Å². The van der Waals surface area contributed by atoms with Crippen LogP contribution in [0, 0.1) is 6.92 Å². The van der Waals surface area contributed by atoms with Crippen LogP contribution in [-0.2, 0) is 6.54 Å². The van der Waals surface area contributed by atoms with Crippen LogP contribution in [0.4, 0.5) is 10.5 Å². The predicted molar refractivity (Wildman–Crippen MR) is 88.8 cm³/mol. The first-order valence-corrected chi connectivity index (χ1v) is 7.16. The van der Waals surface area contributed by atoms with Crippen molar-refractivity contribution in [3.05, 3.63) is 71.9 Å². The van der Waals surface area contributed by atoms with Gasteiger partial charge in [-0.2, -0.15) is 0 Å². The monoisotopic (exact) mass is 291 g/mol. The summed E-state index contributed by atoms with van der Waals surface area (Å²) in [5.74, 6) is 0. The summed E-state index contributed by atoms with van der Waals surface area (Å²) in [6, 6.07) is 17.4. The van der Waals surface area contributed by atoms with E-state index in [1.165, 1.54) is 0 Å². The van der Waals surface area contributed by atoms with Gasteiger partial charge in [-0.15, -0.1) is 0 Å². The predicted octanol–water partition coefficient (Wildman–Crippen LogP) is 3.86. The number of hydrogen-bond donors (Lipinski definition) is 2. The molecule has 4 nitrogen and oxygen atoms in total. The Morgan fingerprint density at radius 2 is 1.91 bits per heavy atom. The Labute approximate surface area is 129 Å². The van der Waals surface area contributed by atoms with Crippen LogP contribution in [0.5, 0.6) is 0 Å². The van der Waals surface area contributed by atoms with Gasteiger partial charge in [-0.1, -0.05) is 36.4 Å². The first-order chi connectivity index (χ1) is 10.7. The SMILES string of the molecule is Cc1cc(NC(=O)NCc2ccccc2)c2ncccc2c1. The summed E-state index contributed by atoms with van der Waals surface area (Å²) >= 11 is 0. The maximum atomic E-state index is 12.1. The van der Waals surface area contributed by atoms with Gasteiger partial charge in [-0.3, -0.25) is 4.98 Å². The van der Waals surface area contributed by atoms with Crippen molar-refractivity contribution in [2.75, 3.05) is 5.32 Å². The lowest BCUT2D eigenvalue weighted by molar-refractivity contribution is 0.252. The van der Waals surface area contributed by atoms with E-state index >= 15 is 0 Å². The minimum atomic E-state index is -0.235. The van der Waals surface area contributed by atoms with Crippen molar-refractivity contribution in [3.8, 4) is 0 Å². The van der Waals surface area contributed by atoms with Gasteiger partial charge in [-0.25, -0.2) is 4.79 Å². The van der Waals surface area contributed by atoms with Crippen LogP contribution in [0.3, 0.4) is 0 Å². The number of nitrogens with zero attached hydrogens (tertiary/aromatic N) is 1. The fourth-order valence-electron chi connectivity index (χ4n) is 2.38. The minimum Gasteiger partial charge on any atom is -0.334 e. The maximum absolute atomic E-state index is 12.1. The number of aryl methyl sites for hydroxylation is 1. The van der Waals surface area contributed by atoms with E-state index in [2.05, 4.69) is 21.7 Å². The third kappa shape index (κ3) is 3.23. The smallest absolute Gasteiger partial charge is 0.319 e. The molecule has 0 aliphatic heterocycles. The molecule has 22 heavy (non-hydrogen) atoms. The molecule has 3 aromatic rings. The lowest BCUT2D eigenvalue weighted by Gasteiger charge is -2.10. The summed E-state index contributed by atoms with van der Waals surface area (Å²) in [6.07, 6.45) is 1.73. The summed E-state index contributed by atoms with van der Waals surface area (Å²) in [7, 11) is 0. The number of nitrogens with one attached hydrogen (secondary N) is 2. The van der Waals surface area contributed by atoms with Crippen LogP contribution in [0.2, 0.25) is 0 Å². The molecule has 2 N–H and O–H groups in total. The van der Waals surface area contributed by atoms with Gasteiger partial charge in [0.05, 0.1) is 11.2 Å². The molecule has 4 heteroatoms. The minimum absolute atomic E-state index is 0.235. The molecule has 0 saturated heterocycles. The van der Waals surface area contributed by atoms with Crippen molar-refractivity contribution < 1.29 is 4.79 Å². The number of carbonyl (C=O) groups is 1. The van der Waals surface area contributed by atoms with Gasteiger partial charge in [0, 0.05) is 18.1 Å². The highest BCUT2D eigenvalue weighted by Crippen LogP contribution is 2.23. The third-order valence-corrected chi connectivity index (χ3v) is 3.39. The van der Waals surface area contributed by atoms with Crippen LogP contribution in [0.1, 0.15) is 11.1 Å². The largest absolute Gasteiger partial charge is 0.334 e. The van der Waals surface area contributed by atoms with Crippen molar-refractivity contribution in [2.45, 2.75) is 13.5 Å². The summed E-state index contributed by atoms with van der Waals surface area (Å²) in [5.41, 5.74) is 3.66. The number of amides is 2. The lowest BCUT2D eigenvalue weighted by atomic mass is 10.1. The van der Waals surface area contributed by atoms with Gasteiger partial charge in [0.25, 0.3) is 0 Å². The van der Waals surface area contributed by atoms with Gasteiger partial charge in [0.2, 0.25) is 0 Å². The number of aromatic nitrogens is 1. The Balaban J connectivity index is 1.74. The molecule has 0 radical (unpaired) electrons. The van der Waals surface area contributed by atoms with E-state index in [0.29, 0.717) is 6.54 Å². The molecule has 110 valence electrons. The molecular formula is C18H17N3O. The topological polar surface area (TPSA) is 54.0 Å². The zero-order chi connectivity index (χ0) is 15.4. The van der Waals surface area contributed by atoms with Gasteiger partial charge in [0.1, 0.15) is 0 Å². The van der Waals surface area contributed by atoms with Gasteiger partial charge >= 0.3 is 6.03 Å². The second-order valence-corrected chi connectivity index (χ2v) is 5.18. The van der Waals surface area contributed by atoms with E-state index in [4.69, 9.17) is 0 Å². The highest BCUT2D eigenvalue weighted by Gasteiger charge is 2.07. The molecule has 0 aliphatic rings. The van der Waals surface area contributed by atoms with Crippen molar-refractivity contribution in [1.82, 2.24) is 10.3 Å². The number of benzene rings is 2. The highest BCUT2D eigenvalue weighted by molar-refractivity contribution is 5.99. The molecule has 2 aromatic carbocycles. The number of fused-ring (bicyclic) bond motifs is 1. The Morgan fingerprint density at radius 3 is 2.73 bits per heavy atom. The average Bonchev–Trinajstić information content (AvgIpc) is 2.54. The van der Waals surface area contributed by atoms with Crippen LogP contribution in [0.25, 0.3) is 10.9 Å². The van der Waals surface area contributed by atoms with Gasteiger partial charge < -0.3 is 10.6 Å². The Kier molecular flexibility index (Phi) is 4.01. The van der Waals surface area contributed by atoms with Crippen LogP contribution >= 0.6 is 0 Å². The second kappa shape index (κ2) is 6.26. The van der Waals surface area contributed by atoms with Gasteiger partial charge in [-0.05, 0) is 36.2 Å². The molecule has 2 amide bonds. The number of anilines is 1. The van der Waals surface area contributed by atoms with E-state index in [1.807, 2.05) is 55.5 Å². The molecule has 0 spiro atoms. The van der Waals surface area contributed by atoms with Crippen molar-refractivity contribution >= 4 is 22.6 Å². The molecule has 1 aromatic heterocycles. The third-order valence-electron chi connectivity index (χ3n) is 3.39. The van der Waals surface area contributed by atoms with E-state index in [1.54, 1.807) is 6.20 Å². The summed E-state index contributed by atoms with van der Waals surface area (Å²) < 4.78 is 0. The summed E-state index contributed by atoms with van der Waals surface area (Å²) in [5, 5.41) is 6.75. The molecule has 0 bridgehead atoms. The number of rotatable bonds is 3. The average molecular weight is 291 g/mol.